The highest BCUT2D eigenvalue weighted by molar-refractivity contribution is 7.98. The molecule has 2 aromatic carbocycles. The van der Waals surface area contributed by atoms with Crippen LogP contribution < -0.4 is 0 Å². The predicted octanol–water partition coefficient (Wildman–Crippen LogP) is 6.29. The average molecular weight is 548 g/mol. The Labute approximate surface area is 219 Å². The number of carboxylic acid groups (broad SMARTS) is 1. The standard InChI is InChI=1S/C26H21ClF3N3O3S/c27-18-11-23-31-25(22(33(23)13-21(18)30)8-16-12-32(26(34)35)6-7-36-16)24-19(28)9-17(10-20(24)29)37-14-15-4-2-1-3-5-15/h1-5,9-11,13,16H,6-8,12,14H2,(H,34,35). The Hall–Kier alpha value is -3.21. The smallest absolute Gasteiger partial charge is 0.407 e. The van der Waals surface area contributed by atoms with Crippen LogP contribution in [-0.4, -0.2) is 51.3 Å². The summed E-state index contributed by atoms with van der Waals surface area (Å²) < 4.78 is 52.3. The molecule has 4 aromatic rings. The molecule has 1 fully saturated rings. The van der Waals surface area contributed by atoms with E-state index in [2.05, 4.69) is 4.98 Å². The van der Waals surface area contributed by atoms with E-state index in [1.807, 2.05) is 30.3 Å². The fraction of sp³-hybridized carbons (Fsp3) is 0.231. The molecule has 37 heavy (non-hydrogen) atoms. The molecule has 1 aliphatic heterocycles. The number of pyridine rings is 1. The highest BCUT2D eigenvalue weighted by Crippen LogP contribution is 2.35. The predicted molar refractivity (Wildman–Crippen MR) is 135 cm³/mol. The summed E-state index contributed by atoms with van der Waals surface area (Å²) in [7, 11) is 0. The van der Waals surface area contributed by atoms with Gasteiger partial charge in [0.05, 0.1) is 41.2 Å². The molecular formula is C26H21ClF3N3O3S. The number of morpholine rings is 1. The lowest BCUT2D eigenvalue weighted by atomic mass is 10.0. The molecule has 1 aliphatic rings. The van der Waals surface area contributed by atoms with E-state index in [4.69, 9.17) is 16.3 Å². The number of ether oxygens (including phenoxy) is 1. The van der Waals surface area contributed by atoms with Crippen molar-refractivity contribution in [2.75, 3.05) is 19.7 Å². The maximum Gasteiger partial charge on any atom is 0.407 e. The molecule has 5 rings (SSSR count). The number of fused-ring (bicyclic) bond motifs is 1. The first-order chi connectivity index (χ1) is 17.8. The molecule has 0 saturated carbocycles. The molecule has 2 aromatic heterocycles. The van der Waals surface area contributed by atoms with E-state index in [-0.39, 0.29) is 53.7 Å². The van der Waals surface area contributed by atoms with Crippen molar-refractivity contribution in [1.82, 2.24) is 14.3 Å². The van der Waals surface area contributed by atoms with Gasteiger partial charge in [0.15, 0.2) is 5.82 Å². The molecular weight excluding hydrogens is 527 g/mol. The zero-order valence-corrected chi connectivity index (χ0v) is 20.9. The van der Waals surface area contributed by atoms with Crippen molar-refractivity contribution >= 4 is 35.1 Å². The van der Waals surface area contributed by atoms with E-state index in [0.29, 0.717) is 10.6 Å². The molecule has 0 spiro atoms. The summed E-state index contributed by atoms with van der Waals surface area (Å²) in [5.74, 6) is -1.83. The second-order valence-electron chi connectivity index (χ2n) is 8.57. The minimum Gasteiger partial charge on any atom is -0.465 e. The Morgan fingerprint density at radius 1 is 1.14 bits per heavy atom. The highest BCUT2D eigenvalue weighted by Gasteiger charge is 2.29. The number of hydrogen-bond donors (Lipinski definition) is 1. The summed E-state index contributed by atoms with van der Waals surface area (Å²) in [5.41, 5.74) is 1.12. The maximum absolute atomic E-state index is 15.4. The van der Waals surface area contributed by atoms with Crippen molar-refractivity contribution in [3.8, 4) is 11.3 Å². The molecule has 1 atom stereocenters. The van der Waals surface area contributed by atoms with Crippen LogP contribution in [0.3, 0.4) is 0 Å². The van der Waals surface area contributed by atoms with E-state index < -0.39 is 29.6 Å². The number of aromatic nitrogens is 2. The summed E-state index contributed by atoms with van der Waals surface area (Å²) in [6, 6.07) is 13.3. The molecule has 0 aliphatic carbocycles. The zero-order valence-electron chi connectivity index (χ0n) is 19.3. The Morgan fingerprint density at radius 2 is 1.86 bits per heavy atom. The van der Waals surface area contributed by atoms with E-state index in [1.165, 1.54) is 39.3 Å². The van der Waals surface area contributed by atoms with Crippen LogP contribution in [0.1, 0.15) is 11.3 Å². The molecule has 1 amide bonds. The van der Waals surface area contributed by atoms with Gasteiger partial charge in [0.2, 0.25) is 0 Å². The van der Waals surface area contributed by atoms with E-state index >= 15 is 8.78 Å². The van der Waals surface area contributed by atoms with E-state index in [0.717, 1.165) is 11.8 Å². The monoisotopic (exact) mass is 547 g/mol. The third-order valence-electron chi connectivity index (χ3n) is 6.09. The van der Waals surface area contributed by atoms with Crippen molar-refractivity contribution in [2.24, 2.45) is 0 Å². The molecule has 0 bridgehead atoms. The molecule has 0 radical (unpaired) electrons. The largest absolute Gasteiger partial charge is 0.465 e. The Morgan fingerprint density at radius 3 is 2.57 bits per heavy atom. The van der Waals surface area contributed by atoms with Gasteiger partial charge in [-0.25, -0.2) is 22.9 Å². The summed E-state index contributed by atoms with van der Waals surface area (Å²) in [5, 5.41) is 9.17. The number of thioether (sulfide) groups is 1. The van der Waals surface area contributed by atoms with E-state index in [1.54, 1.807) is 0 Å². The summed E-state index contributed by atoms with van der Waals surface area (Å²) in [4.78, 5) is 17.4. The molecule has 6 nitrogen and oxygen atoms in total. The van der Waals surface area contributed by atoms with Crippen LogP contribution in [0.5, 0.6) is 0 Å². The number of nitrogens with zero attached hydrogens (tertiary/aromatic N) is 3. The third kappa shape index (κ3) is 5.41. The van der Waals surface area contributed by atoms with Crippen LogP contribution in [0.15, 0.2) is 59.6 Å². The van der Waals surface area contributed by atoms with Gasteiger partial charge in [-0.15, -0.1) is 11.8 Å². The summed E-state index contributed by atoms with van der Waals surface area (Å²) >= 11 is 7.23. The van der Waals surface area contributed by atoms with Crippen molar-refractivity contribution in [3.63, 3.8) is 0 Å². The van der Waals surface area contributed by atoms with Crippen LogP contribution in [0.2, 0.25) is 5.02 Å². The van der Waals surface area contributed by atoms with Gasteiger partial charge in [-0.3, -0.25) is 0 Å². The first kappa shape index (κ1) is 25.4. The van der Waals surface area contributed by atoms with Crippen LogP contribution in [-0.2, 0) is 16.9 Å². The summed E-state index contributed by atoms with van der Waals surface area (Å²) in [6.45, 7) is 0.429. The SMILES string of the molecule is O=C(O)N1CCOC(Cc2c(-c3c(F)cc(SCc4ccccc4)cc3F)nc3cc(Cl)c(F)cn23)C1. The lowest BCUT2D eigenvalue weighted by Crippen LogP contribution is -2.45. The average Bonchev–Trinajstić information content (AvgIpc) is 3.19. The van der Waals surface area contributed by atoms with Gasteiger partial charge in [-0.2, -0.15) is 0 Å². The Bertz CT molecular complexity index is 1440. The van der Waals surface area contributed by atoms with Crippen LogP contribution in [0, 0.1) is 17.5 Å². The van der Waals surface area contributed by atoms with Gasteiger partial charge in [0.1, 0.15) is 17.3 Å². The van der Waals surface area contributed by atoms with Crippen molar-refractivity contribution in [1.29, 1.82) is 0 Å². The first-order valence-electron chi connectivity index (χ1n) is 11.4. The highest BCUT2D eigenvalue weighted by atomic mass is 35.5. The molecule has 192 valence electrons. The lowest BCUT2D eigenvalue weighted by molar-refractivity contribution is -0.0214. The van der Waals surface area contributed by atoms with Gasteiger partial charge in [-0.1, -0.05) is 41.9 Å². The fourth-order valence-corrected chi connectivity index (χ4v) is 5.36. The molecule has 1 saturated heterocycles. The van der Waals surface area contributed by atoms with Crippen molar-refractivity contribution in [2.45, 2.75) is 23.2 Å². The summed E-state index contributed by atoms with van der Waals surface area (Å²) in [6.07, 6.45) is -0.564. The molecule has 11 heteroatoms. The van der Waals surface area contributed by atoms with Crippen LogP contribution in [0.4, 0.5) is 18.0 Å². The number of imidazole rings is 1. The van der Waals surface area contributed by atoms with Crippen molar-refractivity contribution < 1.29 is 27.8 Å². The second-order valence-corrected chi connectivity index (χ2v) is 10.0. The number of halogens is 4. The number of hydrogen-bond acceptors (Lipinski definition) is 4. The normalized spacial score (nSPS) is 15.9. The quantitative estimate of drug-likeness (QED) is 0.288. The molecule has 1 N–H and O–H groups in total. The third-order valence-corrected chi connectivity index (χ3v) is 7.43. The Balaban J connectivity index is 1.52. The van der Waals surface area contributed by atoms with Crippen molar-refractivity contribution in [3.05, 3.63) is 88.5 Å². The molecule has 1 unspecified atom stereocenters. The number of carbonyl (C=O) groups is 1. The van der Waals surface area contributed by atoms with Gasteiger partial charge >= 0.3 is 6.09 Å². The minimum atomic E-state index is -1.09. The number of amides is 1. The maximum atomic E-state index is 15.4. The van der Waals surface area contributed by atoms with E-state index in [9.17, 15) is 14.3 Å². The first-order valence-corrected chi connectivity index (χ1v) is 12.8. The fourth-order valence-electron chi connectivity index (χ4n) is 4.32. The van der Waals surface area contributed by atoms with Crippen LogP contribution in [0.25, 0.3) is 16.9 Å². The van der Waals surface area contributed by atoms with Gasteiger partial charge in [-0.05, 0) is 17.7 Å². The van der Waals surface area contributed by atoms with Gasteiger partial charge in [0.25, 0.3) is 0 Å². The van der Waals surface area contributed by atoms with Gasteiger partial charge < -0.3 is 19.1 Å². The number of benzene rings is 2. The molecule has 3 heterocycles. The number of rotatable bonds is 6. The second kappa shape index (κ2) is 10.6. The lowest BCUT2D eigenvalue weighted by Gasteiger charge is -2.31. The van der Waals surface area contributed by atoms with Crippen LogP contribution >= 0.6 is 23.4 Å². The topological polar surface area (TPSA) is 67.1 Å². The minimum absolute atomic E-state index is 0.0210. The zero-order chi connectivity index (χ0) is 26.1. The van der Waals surface area contributed by atoms with Gasteiger partial charge in [0, 0.05) is 35.9 Å². The Kier molecular flexibility index (Phi) is 7.32.